The lowest BCUT2D eigenvalue weighted by Crippen LogP contribution is -2.26. The van der Waals surface area contributed by atoms with Gasteiger partial charge in [0.2, 0.25) is 0 Å². The number of carbonyl (C=O) groups is 1. The van der Waals surface area contributed by atoms with Crippen LogP contribution in [0.1, 0.15) is 26.2 Å². The highest BCUT2D eigenvalue weighted by molar-refractivity contribution is 5.70. The minimum Gasteiger partial charge on any atom is -0.463 e. The van der Waals surface area contributed by atoms with Crippen LogP contribution in [0.4, 0.5) is 0 Å². The first kappa shape index (κ1) is 11.5. The Morgan fingerprint density at radius 3 is 3.00 bits per heavy atom. The Hall–Kier alpha value is -0.610. The summed E-state index contributed by atoms with van der Waals surface area (Å²) in [5.41, 5.74) is 0. The van der Waals surface area contributed by atoms with E-state index in [4.69, 9.17) is 9.47 Å². The largest absolute Gasteiger partial charge is 0.463 e. The van der Waals surface area contributed by atoms with Crippen LogP contribution in [0.2, 0.25) is 0 Å². The molecule has 0 aliphatic carbocycles. The first-order chi connectivity index (χ1) is 6.83. The Balaban J connectivity index is 1.98. The van der Waals surface area contributed by atoms with E-state index in [0.29, 0.717) is 32.3 Å². The van der Waals surface area contributed by atoms with Crippen molar-refractivity contribution in [2.45, 2.75) is 32.2 Å². The molecule has 0 aromatic rings. The summed E-state index contributed by atoms with van der Waals surface area (Å²) in [5.74, 6) is -0.121. The van der Waals surface area contributed by atoms with Crippen LogP contribution in [-0.2, 0) is 14.3 Å². The zero-order chi connectivity index (χ0) is 10.2. The average Bonchev–Trinajstić information content (AvgIpc) is 2.65. The molecule has 14 heavy (non-hydrogen) atoms. The van der Waals surface area contributed by atoms with Crippen LogP contribution in [0.15, 0.2) is 0 Å². The van der Waals surface area contributed by atoms with Crippen molar-refractivity contribution in [1.29, 1.82) is 0 Å². The first-order valence-electron chi connectivity index (χ1n) is 5.29. The number of hydrogen-bond acceptors (Lipinski definition) is 4. The van der Waals surface area contributed by atoms with E-state index in [1.54, 1.807) is 0 Å². The van der Waals surface area contributed by atoms with Gasteiger partial charge in [-0.25, -0.2) is 0 Å². The lowest BCUT2D eigenvalue weighted by Gasteiger charge is -2.09. The molecule has 1 atom stereocenters. The van der Waals surface area contributed by atoms with Gasteiger partial charge in [0.05, 0.1) is 13.0 Å². The highest BCUT2D eigenvalue weighted by Gasteiger charge is 2.18. The van der Waals surface area contributed by atoms with Gasteiger partial charge in [-0.15, -0.1) is 0 Å². The predicted octanol–water partition coefficient (Wildman–Crippen LogP) is 0.708. The van der Waals surface area contributed by atoms with E-state index in [1.165, 1.54) is 0 Å². The van der Waals surface area contributed by atoms with Gasteiger partial charge in [0, 0.05) is 12.6 Å². The number of esters is 1. The first-order valence-corrected chi connectivity index (χ1v) is 5.29. The van der Waals surface area contributed by atoms with Crippen molar-refractivity contribution in [2.24, 2.45) is 0 Å². The second-order valence-electron chi connectivity index (χ2n) is 3.41. The zero-order valence-electron chi connectivity index (χ0n) is 8.75. The van der Waals surface area contributed by atoms with Gasteiger partial charge >= 0.3 is 5.97 Å². The van der Waals surface area contributed by atoms with Crippen molar-refractivity contribution < 1.29 is 14.3 Å². The number of hydrogen-bond donors (Lipinski definition) is 1. The minimum absolute atomic E-state index is 0.121. The lowest BCUT2D eigenvalue weighted by molar-refractivity contribution is -0.145. The number of rotatable bonds is 6. The standard InChI is InChI=1S/C10H19NO3/c1-2-13-6-7-14-10(12)8-9-4-3-5-11-9/h9,11H,2-8H2,1H3. The van der Waals surface area contributed by atoms with Crippen LogP contribution in [-0.4, -0.2) is 38.4 Å². The third-order valence-corrected chi connectivity index (χ3v) is 2.27. The molecule has 1 unspecified atom stereocenters. The predicted molar refractivity (Wildman–Crippen MR) is 53.1 cm³/mol. The smallest absolute Gasteiger partial charge is 0.307 e. The molecule has 0 aromatic carbocycles. The van der Waals surface area contributed by atoms with Gasteiger partial charge in [-0.2, -0.15) is 0 Å². The summed E-state index contributed by atoms with van der Waals surface area (Å²) in [6, 6.07) is 0.328. The van der Waals surface area contributed by atoms with Crippen molar-refractivity contribution in [2.75, 3.05) is 26.4 Å². The van der Waals surface area contributed by atoms with Crippen LogP contribution < -0.4 is 5.32 Å². The zero-order valence-corrected chi connectivity index (χ0v) is 8.75. The van der Waals surface area contributed by atoms with Crippen molar-refractivity contribution in [1.82, 2.24) is 5.32 Å². The highest BCUT2D eigenvalue weighted by atomic mass is 16.6. The summed E-state index contributed by atoms with van der Waals surface area (Å²) in [4.78, 5) is 11.2. The molecule has 1 rings (SSSR count). The SMILES string of the molecule is CCOCCOC(=O)CC1CCCN1. The van der Waals surface area contributed by atoms with Gasteiger partial charge in [0.1, 0.15) is 6.61 Å². The van der Waals surface area contributed by atoms with E-state index >= 15 is 0 Å². The Bertz CT molecular complexity index is 167. The van der Waals surface area contributed by atoms with E-state index in [0.717, 1.165) is 19.4 Å². The Labute approximate surface area is 85.0 Å². The number of carbonyl (C=O) groups excluding carboxylic acids is 1. The molecule has 0 amide bonds. The van der Waals surface area contributed by atoms with Gasteiger partial charge in [-0.1, -0.05) is 0 Å². The maximum absolute atomic E-state index is 11.2. The van der Waals surface area contributed by atoms with Crippen molar-refractivity contribution in [3.63, 3.8) is 0 Å². The summed E-state index contributed by atoms with van der Waals surface area (Å²) in [6.45, 7) is 4.49. The fraction of sp³-hybridized carbons (Fsp3) is 0.900. The molecule has 82 valence electrons. The van der Waals surface area contributed by atoms with Crippen LogP contribution >= 0.6 is 0 Å². The van der Waals surface area contributed by atoms with E-state index < -0.39 is 0 Å². The molecular weight excluding hydrogens is 182 g/mol. The van der Waals surface area contributed by atoms with Gasteiger partial charge < -0.3 is 14.8 Å². The minimum atomic E-state index is -0.121. The molecule has 1 saturated heterocycles. The van der Waals surface area contributed by atoms with Crippen LogP contribution in [0.5, 0.6) is 0 Å². The molecule has 0 bridgehead atoms. The summed E-state index contributed by atoms with van der Waals surface area (Å²) < 4.78 is 10.1. The normalized spacial score (nSPS) is 21.1. The van der Waals surface area contributed by atoms with Gasteiger partial charge in [0.15, 0.2) is 0 Å². The second-order valence-corrected chi connectivity index (χ2v) is 3.41. The fourth-order valence-corrected chi connectivity index (χ4v) is 1.55. The molecule has 1 aliphatic heterocycles. The molecule has 0 radical (unpaired) electrons. The number of nitrogens with one attached hydrogen (secondary N) is 1. The van der Waals surface area contributed by atoms with E-state index in [2.05, 4.69) is 5.32 Å². The fourth-order valence-electron chi connectivity index (χ4n) is 1.55. The monoisotopic (exact) mass is 201 g/mol. The average molecular weight is 201 g/mol. The quantitative estimate of drug-likeness (QED) is 0.508. The lowest BCUT2D eigenvalue weighted by atomic mass is 10.2. The molecule has 0 saturated carbocycles. The molecule has 1 fully saturated rings. The molecule has 1 N–H and O–H groups in total. The van der Waals surface area contributed by atoms with Crippen LogP contribution in [0.3, 0.4) is 0 Å². The Kier molecular flexibility index (Phi) is 5.56. The molecular formula is C10H19NO3. The third-order valence-electron chi connectivity index (χ3n) is 2.27. The van der Waals surface area contributed by atoms with Crippen LogP contribution in [0.25, 0.3) is 0 Å². The summed E-state index contributed by atoms with van der Waals surface area (Å²) in [7, 11) is 0. The molecule has 0 spiro atoms. The molecule has 1 aliphatic rings. The van der Waals surface area contributed by atoms with Crippen LogP contribution in [0, 0.1) is 0 Å². The maximum atomic E-state index is 11.2. The van der Waals surface area contributed by atoms with E-state index in [-0.39, 0.29) is 5.97 Å². The summed E-state index contributed by atoms with van der Waals surface area (Å²) in [6.07, 6.45) is 2.74. The second kappa shape index (κ2) is 6.79. The van der Waals surface area contributed by atoms with Gasteiger partial charge in [-0.3, -0.25) is 4.79 Å². The van der Waals surface area contributed by atoms with Crippen molar-refractivity contribution in [3.8, 4) is 0 Å². The van der Waals surface area contributed by atoms with Crippen molar-refractivity contribution >= 4 is 5.97 Å². The van der Waals surface area contributed by atoms with Gasteiger partial charge in [-0.05, 0) is 26.3 Å². The number of ether oxygens (including phenoxy) is 2. The third kappa shape index (κ3) is 4.58. The maximum Gasteiger partial charge on any atom is 0.307 e. The molecule has 0 aromatic heterocycles. The summed E-state index contributed by atoms with van der Waals surface area (Å²) >= 11 is 0. The Morgan fingerprint density at radius 1 is 1.50 bits per heavy atom. The molecule has 1 heterocycles. The highest BCUT2D eigenvalue weighted by Crippen LogP contribution is 2.08. The van der Waals surface area contributed by atoms with Crippen molar-refractivity contribution in [3.05, 3.63) is 0 Å². The Morgan fingerprint density at radius 2 is 2.36 bits per heavy atom. The van der Waals surface area contributed by atoms with Gasteiger partial charge in [0.25, 0.3) is 0 Å². The topological polar surface area (TPSA) is 47.6 Å². The molecule has 4 nitrogen and oxygen atoms in total. The van der Waals surface area contributed by atoms with E-state index in [1.807, 2.05) is 6.92 Å². The van der Waals surface area contributed by atoms with E-state index in [9.17, 15) is 4.79 Å². The molecule has 4 heteroatoms. The summed E-state index contributed by atoms with van der Waals surface area (Å²) in [5, 5.41) is 3.26.